The van der Waals surface area contributed by atoms with Gasteiger partial charge in [-0.25, -0.2) is 14.8 Å². The maximum Gasteiger partial charge on any atom is 0.439 e. The number of hydrogen-bond acceptors (Lipinski definition) is 7. The number of H-pyrrole nitrogens is 1. The lowest BCUT2D eigenvalue weighted by Gasteiger charge is -2.10. The summed E-state index contributed by atoms with van der Waals surface area (Å²) in [6.45, 7) is 3.89. The van der Waals surface area contributed by atoms with Gasteiger partial charge in [-0.15, -0.1) is 0 Å². The van der Waals surface area contributed by atoms with Crippen LogP contribution >= 0.6 is 0 Å². The molecule has 0 fully saturated rings. The fourth-order valence-electron chi connectivity index (χ4n) is 2.09. The lowest BCUT2D eigenvalue weighted by Crippen LogP contribution is -1.99. The molecule has 8 heteroatoms. The summed E-state index contributed by atoms with van der Waals surface area (Å²) >= 11 is 0. The number of hydrogen-bond donors (Lipinski definition) is 1. The van der Waals surface area contributed by atoms with Gasteiger partial charge in [-0.3, -0.25) is 9.51 Å². The van der Waals surface area contributed by atoms with Crippen molar-refractivity contribution in [2.24, 2.45) is 0 Å². The van der Waals surface area contributed by atoms with Crippen molar-refractivity contribution in [3.63, 3.8) is 0 Å². The summed E-state index contributed by atoms with van der Waals surface area (Å²) in [5.74, 6) is 0.126. The van der Waals surface area contributed by atoms with Gasteiger partial charge in [0.15, 0.2) is 5.82 Å². The Labute approximate surface area is 132 Å². The molecule has 0 bridgehead atoms. The molecule has 0 amide bonds. The van der Waals surface area contributed by atoms with Crippen LogP contribution in [0.4, 0.5) is 0 Å². The van der Waals surface area contributed by atoms with E-state index in [9.17, 15) is 4.79 Å². The van der Waals surface area contributed by atoms with Gasteiger partial charge in [-0.1, -0.05) is 5.16 Å². The largest absolute Gasteiger partial charge is 0.480 e. The maximum atomic E-state index is 11.2. The first-order chi connectivity index (χ1) is 11.0. The Morgan fingerprint density at radius 1 is 1.22 bits per heavy atom. The minimum absolute atomic E-state index is 0.337. The summed E-state index contributed by atoms with van der Waals surface area (Å²) in [5.41, 5.74) is 3.97. The van der Waals surface area contributed by atoms with E-state index in [4.69, 9.17) is 4.74 Å². The van der Waals surface area contributed by atoms with Gasteiger partial charge in [0.05, 0.1) is 24.4 Å². The second kappa shape index (κ2) is 7.01. The number of fused-ring (bicyclic) bond motifs is 1. The predicted molar refractivity (Wildman–Crippen MR) is 84.6 cm³/mol. The van der Waals surface area contributed by atoms with Gasteiger partial charge in [0, 0.05) is 14.2 Å². The van der Waals surface area contributed by atoms with Gasteiger partial charge in [-0.2, -0.15) is 0 Å². The third-order valence-electron chi connectivity index (χ3n) is 3.22. The third-order valence-corrected chi connectivity index (χ3v) is 3.22. The highest BCUT2D eigenvalue weighted by Gasteiger charge is 2.16. The fraction of sp³-hybridized carbons (Fsp3) is 0.333. The Kier molecular flexibility index (Phi) is 5.07. The Balaban J connectivity index is 0.000000595. The molecule has 0 saturated carbocycles. The van der Waals surface area contributed by atoms with E-state index in [1.165, 1.54) is 7.11 Å². The van der Waals surface area contributed by atoms with Crippen LogP contribution in [-0.2, 0) is 4.74 Å². The molecule has 0 aliphatic carbocycles. The normalized spacial score (nSPS) is 10.3. The number of ether oxygens (including phenoxy) is 2. The minimum atomic E-state index is -0.607. The monoisotopic (exact) mass is 318 g/mol. The number of aromatic nitrogens is 4. The van der Waals surface area contributed by atoms with Crippen LogP contribution in [0.2, 0.25) is 0 Å². The summed E-state index contributed by atoms with van der Waals surface area (Å²) in [7, 11) is 4.77. The van der Waals surface area contributed by atoms with E-state index in [0.717, 1.165) is 11.1 Å². The minimum Gasteiger partial charge on any atom is -0.480 e. The Morgan fingerprint density at radius 3 is 2.48 bits per heavy atom. The fourth-order valence-corrected chi connectivity index (χ4v) is 2.09. The van der Waals surface area contributed by atoms with Crippen LogP contribution in [0.15, 0.2) is 21.6 Å². The van der Waals surface area contributed by atoms with Crippen LogP contribution in [0.3, 0.4) is 0 Å². The van der Waals surface area contributed by atoms with Crippen LogP contribution in [0.25, 0.3) is 22.4 Å². The van der Waals surface area contributed by atoms with Gasteiger partial charge in [0.1, 0.15) is 5.52 Å². The quantitative estimate of drug-likeness (QED) is 0.769. The number of nitrogens with zero attached hydrogens (tertiary/aromatic N) is 3. The SMILES string of the molecule is COC.COc1cnc2cc(C)c(C)c(-c3noc(=O)[nH]3)c2n1. The summed E-state index contributed by atoms with van der Waals surface area (Å²) < 4.78 is 13.9. The van der Waals surface area contributed by atoms with Gasteiger partial charge in [-0.05, 0) is 31.0 Å². The number of methoxy groups -OCH3 is 2. The number of benzene rings is 1. The van der Waals surface area contributed by atoms with E-state index >= 15 is 0 Å². The molecule has 8 nitrogen and oxygen atoms in total. The van der Waals surface area contributed by atoms with Crippen molar-refractivity contribution in [3.8, 4) is 17.3 Å². The second-order valence-corrected chi connectivity index (χ2v) is 4.83. The van der Waals surface area contributed by atoms with Crippen molar-refractivity contribution in [1.29, 1.82) is 0 Å². The highest BCUT2D eigenvalue weighted by atomic mass is 16.5. The van der Waals surface area contributed by atoms with Gasteiger partial charge in [0.2, 0.25) is 5.88 Å². The molecule has 0 saturated heterocycles. The van der Waals surface area contributed by atoms with Crippen molar-refractivity contribution in [2.75, 3.05) is 21.3 Å². The van der Waals surface area contributed by atoms with E-state index in [0.29, 0.717) is 28.3 Å². The first-order valence-electron chi connectivity index (χ1n) is 6.79. The molecule has 23 heavy (non-hydrogen) atoms. The number of rotatable bonds is 2. The standard InChI is InChI=1S/C13H12N4O3.C2H6O/c1-6-4-8-11(15-9(19-3)5-14-8)10(7(6)2)12-16-13(18)20-17-12;1-3-2/h4-5H,1-3H3,(H,16,17,18);1-2H3. The average Bonchev–Trinajstić information content (AvgIpc) is 2.95. The molecule has 0 atom stereocenters. The molecule has 1 N–H and O–H groups in total. The molecular formula is C15H18N4O4. The maximum absolute atomic E-state index is 11.2. The lowest BCUT2D eigenvalue weighted by molar-refractivity contribution is 0.277. The summed E-state index contributed by atoms with van der Waals surface area (Å²) in [5, 5.41) is 3.74. The molecule has 2 heterocycles. The zero-order valence-electron chi connectivity index (χ0n) is 13.6. The summed E-state index contributed by atoms with van der Waals surface area (Å²) in [6.07, 6.45) is 1.55. The molecule has 0 spiro atoms. The molecule has 2 aromatic heterocycles. The van der Waals surface area contributed by atoms with E-state index in [-0.39, 0.29) is 0 Å². The number of aromatic amines is 1. The topological polar surface area (TPSA) is 103 Å². The number of aryl methyl sites for hydroxylation is 1. The van der Waals surface area contributed by atoms with Crippen molar-refractivity contribution in [1.82, 2.24) is 20.1 Å². The zero-order chi connectivity index (χ0) is 17.0. The zero-order valence-corrected chi connectivity index (χ0v) is 13.6. The molecule has 3 aromatic rings. The van der Waals surface area contributed by atoms with Gasteiger partial charge in [0.25, 0.3) is 0 Å². The van der Waals surface area contributed by atoms with Crippen molar-refractivity contribution < 1.29 is 14.0 Å². The van der Waals surface area contributed by atoms with Crippen LogP contribution in [0.5, 0.6) is 5.88 Å². The molecule has 0 unspecified atom stereocenters. The lowest BCUT2D eigenvalue weighted by atomic mass is 10.0. The Bertz CT molecular complexity index is 870. The predicted octanol–water partition coefficient (Wildman–Crippen LogP) is 1.86. The van der Waals surface area contributed by atoms with E-state index in [1.54, 1.807) is 20.4 Å². The van der Waals surface area contributed by atoms with E-state index < -0.39 is 5.76 Å². The van der Waals surface area contributed by atoms with E-state index in [1.807, 2.05) is 19.9 Å². The smallest absolute Gasteiger partial charge is 0.439 e. The Morgan fingerprint density at radius 2 is 1.91 bits per heavy atom. The van der Waals surface area contributed by atoms with E-state index in [2.05, 4.69) is 29.4 Å². The molecule has 0 radical (unpaired) electrons. The van der Waals surface area contributed by atoms with Gasteiger partial charge >= 0.3 is 5.76 Å². The molecular weight excluding hydrogens is 300 g/mol. The molecule has 1 aromatic carbocycles. The first kappa shape index (κ1) is 16.6. The van der Waals surface area contributed by atoms with Crippen LogP contribution < -0.4 is 10.5 Å². The molecule has 0 aliphatic rings. The third kappa shape index (κ3) is 3.37. The van der Waals surface area contributed by atoms with Crippen LogP contribution in [-0.4, -0.2) is 41.4 Å². The van der Waals surface area contributed by atoms with Gasteiger partial charge < -0.3 is 9.47 Å². The second-order valence-electron chi connectivity index (χ2n) is 4.83. The number of nitrogens with one attached hydrogen (secondary N) is 1. The molecule has 3 rings (SSSR count). The molecule has 0 aliphatic heterocycles. The van der Waals surface area contributed by atoms with Crippen LogP contribution in [0, 0.1) is 13.8 Å². The average molecular weight is 318 g/mol. The first-order valence-corrected chi connectivity index (χ1v) is 6.79. The molecule has 122 valence electrons. The van der Waals surface area contributed by atoms with Crippen molar-refractivity contribution in [2.45, 2.75) is 13.8 Å². The summed E-state index contributed by atoms with van der Waals surface area (Å²) in [6, 6.07) is 1.93. The van der Waals surface area contributed by atoms with Crippen molar-refractivity contribution in [3.05, 3.63) is 33.9 Å². The Hall–Kier alpha value is -2.74. The highest BCUT2D eigenvalue weighted by Crippen LogP contribution is 2.30. The van der Waals surface area contributed by atoms with Crippen molar-refractivity contribution >= 4 is 11.0 Å². The van der Waals surface area contributed by atoms with Crippen LogP contribution in [0.1, 0.15) is 11.1 Å². The highest BCUT2D eigenvalue weighted by molar-refractivity contribution is 5.92. The summed E-state index contributed by atoms with van der Waals surface area (Å²) in [4.78, 5) is 22.4.